The van der Waals surface area contributed by atoms with Crippen molar-refractivity contribution in [1.29, 1.82) is 10.5 Å². The van der Waals surface area contributed by atoms with Crippen molar-refractivity contribution >= 4 is 5.91 Å². The van der Waals surface area contributed by atoms with Crippen LogP contribution in [0.25, 0.3) is 0 Å². The number of carbonyl (C=O) groups is 1. The molecule has 1 saturated heterocycles. The highest BCUT2D eigenvalue weighted by Gasteiger charge is 2.24. The molecule has 0 aromatic rings. The minimum atomic E-state index is -0.343. The molecule has 0 aromatic carbocycles. The van der Waals surface area contributed by atoms with Gasteiger partial charge in [0, 0.05) is 26.2 Å². The third kappa shape index (κ3) is 4.70. The van der Waals surface area contributed by atoms with E-state index in [1.54, 1.807) is 4.90 Å². The van der Waals surface area contributed by atoms with E-state index in [0.29, 0.717) is 26.1 Å². The molecule has 1 atom stereocenters. The van der Waals surface area contributed by atoms with Crippen LogP contribution in [-0.4, -0.2) is 59.6 Å². The van der Waals surface area contributed by atoms with Gasteiger partial charge in [0.15, 0.2) is 0 Å². The van der Waals surface area contributed by atoms with Gasteiger partial charge in [-0.3, -0.25) is 9.69 Å². The fraction of sp³-hybridized carbons (Fsp3) is 0.750. The Morgan fingerprint density at radius 1 is 1.33 bits per heavy atom. The molecule has 1 N–H and O–H groups in total. The van der Waals surface area contributed by atoms with E-state index < -0.39 is 0 Å². The zero-order valence-corrected chi connectivity index (χ0v) is 10.4. The molecule has 1 fully saturated rings. The average Bonchev–Trinajstić information content (AvgIpc) is 2.75. The summed E-state index contributed by atoms with van der Waals surface area (Å²) in [6, 6.07) is 4.00. The van der Waals surface area contributed by atoms with Gasteiger partial charge in [0.2, 0.25) is 5.91 Å². The van der Waals surface area contributed by atoms with Crippen molar-refractivity contribution in [2.45, 2.75) is 25.4 Å². The monoisotopic (exact) mass is 250 g/mol. The minimum Gasteiger partial charge on any atom is -0.392 e. The van der Waals surface area contributed by atoms with Gasteiger partial charge in [0.25, 0.3) is 0 Å². The summed E-state index contributed by atoms with van der Waals surface area (Å²) in [6.07, 6.45) is 0.910. The van der Waals surface area contributed by atoms with Crippen molar-refractivity contribution in [3.63, 3.8) is 0 Å². The second-order valence-electron chi connectivity index (χ2n) is 4.37. The molecule has 0 bridgehead atoms. The van der Waals surface area contributed by atoms with Gasteiger partial charge < -0.3 is 10.0 Å². The molecular formula is C12H18N4O2. The molecule has 0 unspecified atom stereocenters. The summed E-state index contributed by atoms with van der Waals surface area (Å²) in [6.45, 7) is 2.24. The van der Waals surface area contributed by atoms with E-state index in [9.17, 15) is 9.90 Å². The first kappa shape index (κ1) is 14.4. The Labute approximate surface area is 107 Å². The SMILES string of the molecule is N#CCCN(CCC#N)C(=O)CN1CC[C@@H](O)C1. The Kier molecular flexibility index (Phi) is 6.13. The standard InChI is InChI=1S/C12H18N4O2/c13-4-1-6-16(7-2-5-14)12(18)10-15-8-3-11(17)9-15/h11,17H,1-3,6-10H2/t11-/m1/s1. The van der Waals surface area contributed by atoms with Gasteiger partial charge in [-0.2, -0.15) is 10.5 Å². The lowest BCUT2D eigenvalue weighted by molar-refractivity contribution is -0.132. The quantitative estimate of drug-likeness (QED) is 0.699. The molecule has 1 aliphatic heterocycles. The van der Waals surface area contributed by atoms with Crippen molar-refractivity contribution in [2.75, 3.05) is 32.7 Å². The van der Waals surface area contributed by atoms with E-state index in [-0.39, 0.29) is 31.4 Å². The maximum absolute atomic E-state index is 12.0. The minimum absolute atomic E-state index is 0.0744. The molecule has 0 aliphatic carbocycles. The molecule has 0 radical (unpaired) electrons. The summed E-state index contributed by atoms with van der Waals surface area (Å²) in [5.74, 6) is -0.0744. The molecule has 0 saturated carbocycles. The Hall–Kier alpha value is -1.63. The van der Waals surface area contributed by atoms with Crippen LogP contribution in [0.15, 0.2) is 0 Å². The summed E-state index contributed by atoms with van der Waals surface area (Å²) in [5, 5.41) is 26.5. The van der Waals surface area contributed by atoms with Gasteiger partial charge in [-0.25, -0.2) is 0 Å². The van der Waals surface area contributed by atoms with Crippen molar-refractivity contribution in [3.05, 3.63) is 0 Å². The zero-order valence-electron chi connectivity index (χ0n) is 10.4. The topological polar surface area (TPSA) is 91.4 Å². The van der Waals surface area contributed by atoms with Crippen LogP contribution in [-0.2, 0) is 4.79 Å². The third-order valence-corrected chi connectivity index (χ3v) is 2.95. The predicted molar refractivity (Wildman–Crippen MR) is 64.1 cm³/mol. The number of β-amino-alcohol motifs (C(OH)–C–C–N with tert-alkyl or cyclic N) is 1. The van der Waals surface area contributed by atoms with E-state index >= 15 is 0 Å². The predicted octanol–water partition coefficient (Wildman–Crippen LogP) is -0.291. The lowest BCUT2D eigenvalue weighted by Crippen LogP contribution is -2.40. The van der Waals surface area contributed by atoms with Gasteiger partial charge >= 0.3 is 0 Å². The van der Waals surface area contributed by atoms with Gasteiger partial charge in [0.05, 0.1) is 37.6 Å². The fourth-order valence-electron chi connectivity index (χ4n) is 1.98. The molecule has 6 nitrogen and oxygen atoms in total. The van der Waals surface area contributed by atoms with E-state index in [2.05, 4.69) is 0 Å². The van der Waals surface area contributed by atoms with E-state index in [0.717, 1.165) is 6.54 Å². The number of hydrogen-bond acceptors (Lipinski definition) is 5. The number of nitrogens with zero attached hydrogens (tertiary/aromatic N) is 4. The Morgan fingerprint density at radius 3 is 2.39 bits per heavy atom. The summed E-state index contributed by atoms with van der Waals surface area (Å²) < 4.78 is 0. The first-order valence-electron chi connectivity index (χ1n) is 6.09. The lowest BCUT2D eigenvalue weighted by Gasteiger charge is -2.23. The second kappa shape index (κ2) is 7.65. The normalized spacial score (nSPS) is 19.2. The van der Waals surface area contributed by atoms with Gasteiger partial charge in [-0.15, -0.1) is 0 Å². The van der Waals surface area contributed by atoms with Crippen LogP contribution >= 0.6 is 0 Å². The largest absolute Gasteiger partial charge is 0.392 e. The number of carbonyl (C=O) groups excluding carboxylic acids is 1. The van der Waals surface area contributed by atoms with Crippen LogP contribution in [0.1, 0.15) is 19.3 Å². The van der Waals surface area contributed by atoms with Crippen molar-refractivity contribution in [1.82, 2.24) is 9.80 Å². The highest BCUT2D eigenvalue weighted by Crippen LogP contribution is 2.09. The molecule has 1 rings (SSSR count). The van der Waals surface area contributed by atoms with Gasteiger partial charge in [-0.1, -0.05) is 0 Å². The molecular weight excluding hydrogens is 232 g/mol. The Balaban J connectivity index is 2.43. The Bertz CT molecular complexity index is 340. The first-order chi connectivity index (χ1) is 8.67. The van der Waals surface area contributed by atoms with Crippen molar-refractivity contribution in [3.8, 4) is 12.1 Å². The van der Waals surface area contributed by atoms with Crippen LogP contribution in [0.4, 0.5) is 0 Å². The number of likely N-dealkylation sites (tertiary alicyclic amines) is 1. The lowest BCUT2D eigenvalue weighted by atomic mass is 10.3. The van der Waals surface area contributed by atoms with Crippen LogP contribution in [0, 0.1) is 22.7 Å². The van der Waals surface area contributed by atoms with Crippen molar-refractivity contribution < 1.29 is 9.90 Å². The van der Waals surface area contributed by atoms with Crippen molar-refractivity contribution in [2.24, 2.45) is 0 Å². The average molecular weight is 250 g/mol. The molecule has 1 aliphatic rings. The highest BCUT2D eigenvalue weighted by molar-refractivity contribution is 5.78. The van der Waals surface area contributed by atoms with Crippen LogP contribution < -0.4 is 0 Å². The first-order valence-corrected chi connectivity index (χ1v) is 6.09. The molecule has 6 heteroatoms. The molecule has 98 valence electrons. The number of nitriles is 2. The molecule has 1 amide bonds. The smallest absolute Gasteiger partial charge is 0.236 e. The van der Waals surface area contributed by atoms with Crippen LogP contribution in [0.2, 0.25) is 0 Å². The summed E-state index contributed by atoms with van der Waals surface area (Å²) in [4.78, 5) is 15.5. The van der Waals surface area contributed by atoms with Gasteiger partial charge in [0.1, 0.15) is 0 Å². The maximum atomic E-state index is 12.0. The summed E-state index contributed by atoms with van der Waals surface area (Å²) >= 11 is 0. The third-order valence-electron chi connectivity index (χ3n) is 2.95. The number of amides is 1. The Morgan fingerprint density at radius 2 is 1.94 bits per heavy atom. The van der Waals surface area contributed by atoms with Crippen LogP contribution in [0.5, 0.6) is 0 Å². The van der Waals surface area contributed by atoms with Gasteiger partial charge in [-0.05, 0) is 6.42 Å². The summed E-state index contributed by atoms with van der Waals surface area (Å²) in [7, 11) is 0. The number of hydrogen-bond donors (Lipinski definition) is 1. The maximum Gasteiger partial charge on any atom is 0.236 e. The molecule has 0 spiro atoms. The zero-order chi connectivity index (χ0) is 13.4. The van der Waals surface area contributed by atoms with E-state index in [1.165, 1.54) is 0 Å². The molecule has 18 heavy (non-hydrogen) atoms. The molecule has 1 heterocycles. The van der Waals surface area contributed by atoms with Crippen LogP contribution in [0.3, 0.4) is 0 Å². The number of aliphatic hydroxyl groups is 1. The van der Waals surface area contributed by atoms with E-state index in [4.69, 9.17) is 10.5 Å². The number of rotatable bonds is 6. The second-order valence-corrected chi connectivity index (χ2v) is 4.37. The fourth-order valence-corrected chi connectivity index (χ4v) is 1.98. The number of aliphatic hydroxyl groups excluding tert-OH is 1. The molecule has 0 aromatic heterocycles. The highest BCUT2D eigenvalue weighted by atomic mass is 16.3. The van der Waals surface area contributed by atoms with E-state index in [1.807, 2.05) is 17.0 Å². The summed E-state index contributed by atoms with van der Waals surface area (Å²) in [5.41, 5.74) is 0.